The third kappa shape index (κ3) is 2.32. The van der Waals surface area contributed by atoms with E-state index < -0.39 is 0 Å². The summed E-state index contributed by atoms with van der Waals surface area (Å²) in [6, 6.07) is 0. The minimum Gasteiger partial charge on any atom is -0.323 e. The van der Waals surface area contributed by atoms with Crippen LogP contribution in [0.3, 0.4) is 0 Å². The first kappa shape index (κ1) is 17.1. The van der Waals surface area contributed by atoms with Crippen LogP contribution in [0.4, 0.5) is 0 Å². The fourth-order valence-corrected chi connectivity index (χ4v) is 7.45. The standard InChI is InChI=1S/C21H34N4/c1-13(24-22)17-6-7-18-16-5-4-14-12-15(25-23)8-10-20(14,2)19(16)9-11-21(17,18)3/h12,16-19H,4-11,22-23H2,1-3H3/b24-13+,25-15-/t16-,17+,18-,19+,20+,21-/m1/s1. The average Bonchev–Trinajstić information content (AvgIpc) is 2.97. The Morgan fingerprint density at radius 2 is 1.84 bits per heavy atom. The van der Waals surface area contributed by atoms with Crippen molar-refractivity contribution in [2.24, 2.45) is 56.4 Å². The molecule has 0 radical (unpaired) electrons. The zero-order chi connectivity index (χ0) is 17.8. The maximum atomic E-state index is 5.66. The maximum absolute atomic E-state index is 5.66. The Balaban J connectivity index is 1.65. The van der Waals surface area contributed by atoms with Crippen molar-refractivity contribution in [2.75, 3.05) is 0 Å². The van der Waals surface area contributed by atoms with Crippen LogP contribution in [0, 0.1) is 34.5 Å². The highest BCUT2D eigenvalue weighted by Gasteiger charge is 2.59. The molecule has 138 valence electrons. The van der Waals surface area contributed by atoms with E-state index in [1.54, 1.807) is 5.57 Å². The first-order valence-corrected chi connectivity index (χ1v) is 10.2. The van der Waals surface area contributed by atoms with Crippen molar-refractivity contribution in [1.82, 2.24) is 0 Å². The Hall–Kier alpha value is -1.32. The summed E-state index contributed by atoms with van der Waals surface area (Å²) in [4.78, 5) is 0. The van der Waals surface area contributed by atoms with Crippen LogP contribution in [0.1, 0.15) is 72.1 Å². The Kier molecular flexibility index (Phi) is 4.01. The van der Waals surface area contributed by atoms with Crippen LogP contribution in [0.25, 0.3) is 0 Å². The molecule has 4 N–H and O–H groups in total. The van der Waals surface area contributed by atoms with Gasteiger partial charge in [-0.1, -0.05) is 19.4 Å². The highest BCUT2D eigenvalue weighted by molar-refractivity contribution is 5.96. The highest BCUT2D eigenvalue weighted by Crippen LogP contribution is 2.66. The molecule has 0 amide bonds. The molecule has 6 atom stereocenters. The number of hydrogen-bond acceptors (Lipinski definition) is 4. The van der Waals surface area contributed by atoms with Crippen molar-refractivity contribution in [2.45, 2.75) is 72.1 Å². The second kappa shape index (κ2) is 5.85. The predicted molar refractivity (Wildman–Crippen MR) is 104 cm³/mol. The maximum Gasteiger partial charge on any atom is 0.0600 e. The molecule has 4 aliphatic rings. The molecule has 4 heteroatoms. The van der Waals surface area contributed by atoms with Gasteiger partial charge in [0.15, 0.2) is 0 Å². The molecule has 3 saturated carbocycles. The van der Waals surface area contributed by atoms with Gasteiger partial charge in [-0.05, 0) is 93.0 Å². The molecule has 3 fully saturated rings. The zero-order valence-electron chi connectivity index (χ0n) is 16.1. The Labute approximate surface area is 152 Å². The third-order valence-corrected chi connectivity index (χ3v) is 8.85. The van der Waals surface area contributed by atoms with Crippen LogP contribution in [-0.4, -0.2) is 11.4 Å². The van der Waals surface area contributed by atoms with E-state index in [1.807, 2.05) is 0 Å². The SMILES string of the molecule is C/C(=N\N)[C@@H]1CC[C@@H]2[C@H]3CCC4=C/C(=N\N)CC[C@]4(C)[C@H]3CC[C@@]21C. The van der Waals surface area contributed by atoms with E-state index in [9.17, 15) is 0 Å². The van der Waals surface area contributed by atoms with Crippen LogP contribution in [0.2, 0.25) is 0 Å². The smallest absolute Gasteiger partial charge is 0.0600 e. The van der Waals surface area contributed by atoms with Gasteiger partial charge in [-0.3, -0.25) is 0 Å². The van der Waals surface area contributed by atoms with Gasteiger partial charge in [0.05, 0.1) is 5.71 Å². The first-order chi connectivity index (χ1) is 11.9. The number of hydrogen-bond donors (Lipinski definition) is 2. The molecular formula is C21H34N4. The molecule has 0 aromatic rings. The summed E-state index contributed by atoms with van der Waals surface area (Å²) in [5.41, 5.74) is 4.68. The fraction of sp³-hybridized carbons (Fsp3) is 0.810. The molecule has 0 aromatic heterocycles. The van der Waals surface area contributed by atoms with Gasteiger partial charge in [0.25, 0.3) is 0 Å². The van der Waals surface area contributed by atoms with Crippen LogP contribution in [-0.2, 0) is 0 Å². The van der Waals surface area contributed by atoms with Crippen molar-refractivity contribution >= 4 is 11.4 Å². The molecule has 0 spiro atoms. The molecule has 4 nitrogen and oxygen atoms in total. The lowest BCUT2D eigenvalue weighted by atomic mass is 9.46. The number of rotatable bonds is 1. The van der Waals surface area contributed by atoms with Gasteiger partial charge in [-0.25, -0.2) is 0 Å². The predicted octanol–water partition coefficient (Wildman–Crippen LogP) is 4.21. The molecule has 0 bridgehead atoms. The van der Waals surface area contributed by atoms with E-state index >= 15 is 0 Å². The quantitative estimate of drug-likeness (QED) is 0.425. The lowest BCUT2D eigenvalue weighted by molar-refractivity contribution is -0.0407. The summed E-state index contributed by atoms with van der Waals surface area (Å²) in [6.45, 7) is 7.21. The van der Waals surface area contributed by atoms with Crippen LogP contribution < -0.4 is 11.7 Å². The topological polar surface area (TPSA) is 76.8 Å². The van der Waals surface area contributed by atoms with Crippen LogP contribution >= 0.6 is 0 Å². The minimum atomic E-state index is 0.369. The van der Waals surface area contributed by atoms with Gasteiger partial charge in [0.1, 0.15) is 0 Å². The van der Waals surface area contributed by atoms with Gasteiger partial charge < -0.3 is 11.7 Å². The van der Waals surface area contributed by atoms with E-state index in [0.29, 0.717) is 16.7 Å². The monoisotopic (exact) mass is 342 g/mol. The Morgan fingerprint density at radius 1 is 1.04 bits per heavy atom. The molecule has 4 aliphatic carbocycles. The Bertz CT molecular complexity index is 648. The van der Waals surface area contributed by atoms with Crippen molar-refractivity contribution < 1.29 is 0 Å². The van der Waals surface area contributed by atoms with Gasteiger partial charge in [-0.2, -0.15) is 10.2 Å². The lowest BCUT2D eigenvalue weighted by Gasteiger charge is -2.58. The van der Waals surface area contributed by atoms with Crippen LogP contribution in [0.15, 0.2) is 21.9 Å². The highest BCUT2D eigenvalue weighted by atomic mass is 15.1. The summed E-state index contributed by atoms with van der Waals surface area (Å²) >= 11 is 0. The second-order valence-electron chi connectivity index (χ2n) is 9.57. The molecular weight excluding hydrogens is 308 g/mol. The van der Waals surface area contributed by atoms with Crippen LogP contribution in [0.5, 0.6) is 0 Å². The lowest BCUT2D eigenvalue weighted by Crippen LogP contribution is -2.51. The van der Waals surface area contributed by atoms with E-state index in [4.69, 9.17) is 11.7 Å². The first-order valence-electron chi connectivity index (χ1n) is 10.2. The van der Waals surface area contributed by atoms with Gasteiger partial charge in [-0.15, -0.1) is 0 Å². The molecule has 0 saturated heterocycles. The minimum absolute atomic E-state index is 0.369. The molecule has 0 aliphatic heterocycles. The van der Waals surface area contributed by atoms with Crippen molar-refractivity contribution in [1.29, 1.82) is 0 Å². The van der Waals surface area contributed by atoms with Gasteiger partial charge >= 0.3 is 0 Å². The van der Waals surface area contributed by atoms with Crippen molar-refractivity contribution in [3.05, 3.63) is 11.6 Å². The number of fused-ring (bicyclic) bond motifs is 5. The molecule has 0 aromatic carbocycles. The van der Waals surface area contributed by atoms with Crippen molar-refractivity contribution in [3.63, 3.8) is 0 Å². The van der Waals surface area contributed by atoms with Gasteiger partial charge in [0.2, 0.25) is 0 Å². The summed E-state index contributed by atoms with van der Waals surface area (Å²) in [6.07, 6.45) is 12.5. The van der Waals surface area contributed by atoms with Gasteiger partial charge in [0, 0.05) is 11.6 Å². The molecule has 0 heterocycles. The summed E-state index contributed by atoms with van der Waals surface area (Å²) < 4.78 is 0. The summed E-state index contributed by atoms with van der Waals surface area (Å²) in [5, 5.41) is 8.08. The molecule has 0 unspecified atom stereocenters. The number of nitrogens with two attached hydrogens (primary N) is 2. The summed E-state index contributed by atoms with van der Waals surface area (Å²) in [7, 11) is 0. The van der Waals surface area contributed by atoms with E-state index in [1.165, 1.54) is 50.7 Å². The third-order valence-electron chi connectivity index (χ3n) is 8.85. The second-order valence-corrected chi connectivity index (χ2v) is 9.57. The largest absolute Gasteiger partial charge is 0.323 e. The normalized spacial score (nSPS) is 48.5. The van der Waals surface area contributed by atoms with E-state index in [0.717, 1.165) is 29.9 Å². The zero-order valence-corrected chi connectivity index (χ0v) is 16.1. The van der Waals surface area contributed by atoms with E-state index in [-0.39, 0.29) is 0 Å². The fourth-order valence-electron chi connectivity index (χ4n) is 7.45. The molecule has 25 heavy (non-hydrogen) atoms. The number of hydrazone groups is 2. The Morgan fingerprint density at radius 3 is 2.56 bits per heavy atom. The van der Waals surface area contributed by atoms with E-state index in [2.05, 4.69) is 37.1 Å². The number of allylic oxidation sites excluding steroid dienone is 2. The average molecular weight is 343 g/mol. The van der Waals surface area contributed by atoms with Crippen molar-refractivity contribution in [3.8, 4) is 0 Å². The summed E-state index contributed by atoms with van der Waals surface area (Å²) in [5.74, 6) is 14.4. The molecule has 4 rings (SSSR count). The number of nitrogens with zero attached hydrogens (tertiary/aromatic N) is 2.